The largest absolute Gasteiger partial charge is 0.493 e. The van der Waals surface area contributed by atoms with Crippen LogP contribution in [0.4, 0.5) is 5.69 Å². The Labute approximate surface area is 176 Å². The van der Waals surface area contributed by atoms with Gasteiger partial charge in [0.05, 0.1) is 12.9 Å². The van der Waals surface area contributed by atoms with Crippen molar-refractivity contribution in [1.82, 2.24) is 4.90 Å². The monoisotopic (exact) mass is 402 g/mol. The molecule has 2 aliphatic rings. The lowest BCUT2D eigenvalue weighted by atomic mass is 9.95. The molecule has 1 aromatic heterocycles. The van der Waals surface area contributed by atoms with Crippen LogP contribution in [0.15, 0.2) is 65.3 Å². The third kappa shape index (κ3) is 4.12. The van der Waals surface area contributed by atoms with Gasteiger partial charge >= 0.3 is 0 Å². The molecule has 0 aliphatic carbocycles. The van der Waals surface area contributed by atoms with Crippen LogP contribution in [0.2, 0.25) is 0 Å². The molecule has 2 aromatic carbocycles. The van der Waals surface area contributed by atoms with Crippen LogP contribution in [0.25, 0.3) is 11.3 Å². The number of carbonyl (C=O) groups is 1. The summed E-state index contributed by atoms with van der Waals surface area (Å²) in [5.41, 5.74) is 4.43. The molecule has 0 spiro atoms. The lowest BCUT2D eigenvalue weighted by molar-refractivity contribution is -0.121. The second-order valence-corrected chi connectivity index (χ2v) is 8.14. The summed E-state index contributed by atoms with van der Waals surface area (Å²) < 4.78 is 11.1. The molecule has 0 unspecified atom stereocenters. The summed E-state index contributed by atoms with van der Waals surface area (Å²) in [6.07, 6.45) is 4.44. The van der Waals surface area contributed by atoms with Crippen LogP contribution in [0, 0.1) is 5.92 Å². The molecule has 154 valence electrons. The van der Waals surface area contributed by atoms with E-state index < -0.39 is 0 Å². The summed E-state index contributed by atoms with van der Waals surface area (Å²) in [6.45, 7) is 3.62. The van der Waals surface area contributed by atoms with Crippen molar-refractivity contribution >= 4 is 11.6 Å². The number of carbonyl (C=O) groups excluding carboxylic acids is 1. The minimum Gasteiger partial charge on any atom is -0.493 e. The zero-order valence-electron chi connectivity index (χ0n) is 17.0. The van der Waals surface area contributed by atoms with Crippen LogP contribution < -0.4 is 10.1 Å². The van der Waals surface area contributed by atoms with Gasteiger partial charge in [0, 0.05) is 30.1 Å². The van der Waals surface area contributed by atoms with Crippen molar-refractivity contribution in [2.24, 2.45) is 5.92 Å². The minimum atomic E-state index is 0.0574. The van der Waals surface area contributed by atoms with Crippen molar-refractivity contribution in [3.63, 3.8) is 0 Å². The molecule has 0 saturated carbocycles. The average Bonchev–Trinajstić information content (AvgIpc) is 3.46. The van der Waals surface area contributed by atoms with E-state index in [0.29, 0.717) is 0 Å². The van der Waals surface area contributed by atoms with Crippen molar-refractivity contribution in [3.8, 4) is 17.1 Å². The fourth-order valence-corrected chi connectivity index (χ4v) is 4.39. The van der Waals surface area contributed by atoms with E-state index in [4.69, 9.17) is 9.15 Å². The Morgan fingerprint density at radius 3 is 2.80 bits per heavy atom. The van der Waals surface area contributed by atoms with Crippen LogP contribution in [0.1, 0.15) is 24.0 Å². The molecule has 2 aliphatic heterocycles. The number of hydrogen-bond acceptors (Lipinski definition) is 4. The third-order valence-electron chi connectivity index (χ3n) is 6.05. The highest BCUT2D eigenvalue weighted by atomic mass is 16.5. The molecule has 3 heterocycles. The van der Waals surface area contributed by atoms with Gasteiger partial charge in [-0.05, 0) is 67.4 Å². The summed E-state index contributed by atoms with van der Waals surface area (Å²) >= 11 is 0. The number of piperidine rings is 1. The van der Waals surface area contributed by atoms with E-state index in [1.165, 1.54) is 11.1 Å². The first kappa shape index (κ1) is 18.9. The lowest BCUT2D eigenvalue weighted by Crippen LogP contribution is -2.37. The standard InChI is InChI=1S/C25H26N2O3/c28-25(26-22-4-1-3-20(16-22)23-5-2-13-29-23)19-8-11-27(12-9-19)17-18-6-7-24-21(15-18)10-14-30-24/h1-7,13,15-16,19H,8-12,14,17H2,(H,26,28). The van der Waals surface area contributed by atoms with Crippen LogP contribution in [-0.4, -0.2) is 30.5 Å². The molecular weight excluding hydrogens is 376 g/mol. The number of amides is 1. The highest BCUT2D eigenvalue weighted by Gasteiger charge is 2.25. The van der Waals surface area contributed by atoms with Gasteiger partial charge in [-0.15, -0.1) is 0 Å². The Hall–Kier alpha value is -3.05. The predicted octanol–water partition coefficient (Wildman–Crippen LogP) is 4.73. The summed E-state index contributed by atoms with van der Waals surface area (Å²) in [7, 11) is 0. The topological polar surface area (TPSA) is 54.7 Å². The SMILES string of the molecule is O=C(Nc1cccc(-c2ccco2)c1)C1CCN(Cc2ccc3c(c2)CCO3)CC1. The molecule has 0 atom stereocenters. The lowest BCUT2D eigenvalue weighted by Gasteiger charge is -2.31. The molecule has 5 nitrogen and oxygen atoms in total. The zero-order valence-corrected chi connectivity index (χ0v) is 17.0. The molecular formula is C25H26N2O3. The summed E-state index contributed by atoms with van der Waals surface area (Å²) in [4.78, 5) is 15.2. The molecule has 30 heavy (non-hydrogen) atoms. The average molecular weight is 402 g/mol. The molecule has 1 saturated heterocycles. The van der Waals surface area contributed by atoms with Gasteiger partial charge in [-0.1, -0.05) is 24.3 Å². The number of fused-ring (bicyclic) bond motifs is 1. The Morgan fingerprint density at radius 2 is 1.97 bits per heavy atom. The van der Waals surface area contributed by atoms with Crippen molar-refractivity contribution in [3.05, 3.63) is 72.0 Å². The number of ether oxygens (including phenoxy) is 1. The second-order valence-electron chi connectivity index (χ2n) is 8.14. The summed E-state index contributed by atoms with van der Waals surface area (Å²) in [5.74, 6) is 2.01. The van der Waals surface area contributed by atoms with Crippen LogP contribution in [0.5, 0.6) is 5.75 Å². The number of nitrogens with one attached hydrogen (secondary N) is 1. The third-order valence-corrected chi connectivity index (χ3v) is 6.05. The van der Waals surface area contributed by atoms with Crippen LogP contribution >= 0.6 is 0 Å². The van der Waals surface area contributed by atoms with Gasteiger partial charge in [0.25, 0.3) is 0 Å². The van der Waals surface area contributed by atoms with E-state index in [-0.39, 0.29) is 11.8 Å². The van der Waals surface area contributed by atoms with E-state index in [2.05, 4.69) is 28.4 Å². The maximum atomic E-state index is 12.8. The van der Waals surface area contributed by atoms with Gasteiger partial charge in [-0.3, -0.25) is 9.69 Å². The Bertz CT molecular complexity index is 1020. The van der Waals surface area contributed by atoms with Crippen molar-refractivity contribution in [2.75, 3.05) is 25.0 Å². The highest BCUT2D eigenvalue weighted by Crippen LogP contribution is 2.28. The Kier molecular flexibility index (Phi) is 5.28. The smallest absolute Gasteiger partial charge is 0.227 e. The number of benzene rings is 2. The minimum absolute atomic E-state index is 0.0574. The predicted molar refractivity (Wildman–Crippen MR) is 116 cm³/mol. The van der Waals surface area contributed by atoms with Crippen LogP contribution in [-0.2, 0) is 17.8 Å². The Balaban J connectivity index is 1.15. The molecule has 5 rings (SSSR count). The normalized spacial score (nSPS) is 16.8. The van der Waals surface area contributed by atoms with Gasteiger partial charge in [-0.25, -0.2) is 0 Å². The van der Waals surface area contributed by atoms with E-state index in [1.54, 1.807) is 6.26 Å². The first-order chi connectivity index (χ1) is 14.7. The number of rotatable bonds is 5. The number of nitrogens with zero attached hydrogens (tertiary/aromatic N) is 1. The molecule has 1 fully saturated rings. The molecule has 3 aromatic rings. The van der Waals surface area contributed by atoms with Gasteiger partial charge in [0.15, 0.2) is 0 Å². The number of hydrogen-bond donors (Lipinski definition) is 1. The first-order valence-corrected chi connectivity index (χ1v) is 10.7. The first-order valence-electron chi connectivity index (χ1n) is 10.7. The van der Waals surface area contributed by atoms with E-state index in [9.17, 15) is 4.79 Å². The highest BCUT2D eigenvalue weighted by molar-refractivity contribution is 5.93. The molecule has 1 N–H and O–H groups in total. The number of furan rings is 1. The fourth-order valence-electron chi connectivity index (χ4n) is 4.39. The van der Waals surface area contributed by atoms with E-state index >= 15 is 0 Å². The fraction of sp³-hybridized carbons (Fsp3) is 0.320. The van der Waals surface area contributed by atoms with Gasteiger partial charge < -0.3 is 14.5 Å². The van der Waals surface area contributed by atoms with Gasteiger partial charge in [0.2, 0.25) is 5.91 Å². The quantitative estimate of drug-likeness (QED) is 0.670. The molecule has 0 bridgehead atoms. The number of likely N-dealkylation sites (tertiary alicyclic amines) is 1. The van der Waals surface area contributed by atoms with Crippen molar-refractivity contribution in [2.45, 2.75) is 25.8 Å². The zero-order chi connectivity index (χ0) is 20.3. The molecule has 5 heteroatoms. The summed E-state index contributed by atoms with van der Waals surface area (Å²) in [6, 6.07) is 18.1. The van der Waals surface area contributed by atoms with Gasteiger partial charge in [0.1, 0.15) is 11.5 Å². The van der Waals surface area contributed by atoms with Crippen molar-refractivity contribution in [1.29, 1.82) is 0 Å². The van der Waals surface area contributed by atoms with Gasteiger partial charge in [-0.2, -0.15) is 0 Å². The number of anilines is 1. The Morgan fingerprint density at radius 1 is 1.07 bits per heavy atom. The van der Waals surface area contributed by atoms with E-state index in [1.807, 2.05) is 36.4 Å². The van der Waals surface area contributed by atoms with Crippen molar-refractivity contribution < 1.29 is 13.9 Å². The molecule has 0 radical (unpaired) electrons. The van der Waals surface area contributed by atoms with Crippen LogP contribution in [0.3, 0.4) is 0 Å². The second kappa shape index (κ2) is 8.36. The van der Waals surface area contributed by atoms with E-state index in [0.717, 1.165) is 68.3 Å². The molecule has 1 amide bonds. The maximum Gasteiger partial charge on any atom is 0.227 e. The summed E-state index contributed by atoms with van der Waals surface area (Å²) in [5, 5.41) is 3.09. The maximum absolute atomic E-state index is 12.8.